The Kier molecular flexibility index (Phi) is 4.37. The number of nitrogens with zero attached hydrogens (tertiary/aromatic N) is 2. The number of halogens is 1. The summed E-state index contributed by atoms with van der Waals surface area (Å²) in [5.41, 5.74) is 1.78. The van der Waals surface area contributed by atoms with E-state index in [0.717, 1.165) is 19.9 Å². The SMILES string of the molecule is Cc1ccc(Br)c(C(=O)N(C)Cc2cnc(C)s2)c1. The average Bonchev–Trinajstić information content (AvgIpc) is 2.77. The van der Waals surface area contributed by atoms with Gasteiger partial charge in [-0.25, -0.2) is 4.98 Å². The molecule has 2 rings (SSSR count). The number of rotatable bonds is 3. The molecule has 0 bridgehead atoms. The molecule has 0 saturated carbocycles. The molecular weight excluding hydrogens is 324 g/mol. The number of aryl methyl sites for hydroxylation is 2. The van der Waals surface area contributed by atoms with Crippen molar-refractivity contribution in [3.8, 4) is 0 Å². The second-order valence-electron chi connectivity index (χ2n) is 4.49. The van der Waals surface area contributed by atoms with Crippen LogP contribution < -0.4 is 0 Å². The number of carbonyl (C=O) groups excluding carboxylic acids is 1. The minimum atomic E-state index is 0.0154. The Balaban J connectivity index is 2.16. The molecule has 1 aromatic heterocycles. The van der Waals surface area contributed by atoms with Gasteiger partial charge in [0.15, 0.2) is 0 Å². The summed E-state index contributed by atoms with van der Waals surface area (Å²) >= 11 is 5.05. The minimum Gasteiger partial charge on any atom is -0.336 e. The van der Waals surface area contributed by atoms with Crippen LogP contribution in [0.25, 0.3) is 0 Å². The predicted octanol–water partition coefficient (Wildman–Crippen LogP) is 3.79. The second kappa shape index (κ2) is 5.84. The van der Waals surface area contributed by atoms with Crippen LogP contribution in [0.2, 0.25) is 0 Å². The van der Waals surface area contributed by atoms with E-state index in [1.54, 1.807) is 16.2 Å². The van der Waals surface area contributed by atoms with E-state index in [-0.39, 0.29) is 5.91 Å². The molecule has 2 aromatic rings. The van der Waals surface area contributed by atoms with E-state index < -0.39 is 0 Å². The van der Waals surface area contributed by atoms with Gasteiger partial charge in [0, 0.05) is 22.6 Å². The number of aromatic nitrogens is 1. The second-order valence-corrected chi connectivity index (χ2v) is 6.66. The molecule has 0 saturated heterocycles. The maximum atomic E-state index is 12.4. The van der Waals surface area contributed by atoms with Gasteiger partial charge in [0.1, 0.15) is 0 Å². The number of carbonyl (C=O) groups is 1. The number of benzene rings is 1. The van der Waals surface area contributed by atoms with Crippen LogP contribution in [0.15, 0.2) is 28.9 Å². The standard InChI is InChI=1S/C14H15BrN2OS/c1-9-4-5-13(15)12(6-9)14(18)17(3)8-11-7-16-10(2)19-11/h4-7H,8H2,1-3H3. The van der Waals surface area contributed by atoms with Crippen molar-refractivity contribution in [3.63, 3.8) is 0 Å². The predicted molar refractivity (Wildman–Crippen MR) is 81.5 cm³/mol. The summed E-state index contributed by atoms with van der Waals surface area (Å²) in [6.45, 7) is 4.54. The first-order valence-corrected chi connectivity index (χ1v) is 7.51. The van der Waals surface area contributed by atoms with Gasteiger partial charge in [0.2, 0.25) is 0 Å². The lowest BCUT2D eigenvalue weighted by Gasteiger charge is -2.17. The lowest BCUT2D eigenvalue weighted by Crippen LogP contribution is -2.26. The first-order valence-electron chi connectivity index (χ1n) is 5.90. The summed E-state index contributed by atoms with van der Waals surface area (Å²) in [5, 5.41) is 1.02. The normalized spacial score (nSPS) is 10.5. The molecule has 1 amide bonds. The van der Waals surface area contributed by atoms with Gasteiger partial charge < -0.3 is 4.90 Å². The summed E-state index contributed by atoms with van der Waals surface area (Å²) in [4.78, 5) is 19.4. The fourth-order valence-corrected chi connectivity index (χ4v) is 3.06. The highest BCUT2D eigenvalue weighted by atomic mass is 79.9. The van der Waals surface area contributed by atoms with E-state index >= 15 is 0 Å². The van der Waals surface area contributed by atoms with Crippen LogP contribution in [0, 0.1) is 13.8 Å². The fourth-order valence-electron chi connectivity index (χ4n) is 1.79. The maximum absolute atomic E-state index is 12.4. The number of amides is 1. The first kappa shape index (κ1) is 14.2. The largest absolute Gasteiger partial charge is 0.336 e. The molecule has 0 fully saturated rings. The zero-order valence-corrected chi connectivity index (χ0v) is 13.5. The van der Waals surface area contributed by atoms with Crippen molar-refractivity contribution in [2.24, 2.45) is 0 Å². The maximum Gasteiger partial charge on any atom is 0.255 e. The summed E-state index contributed by atoms with van der Waals surface area (Å²) in [6, 6.07) is 5.79. The molecule has 100 valence electrons. The molecule has 19 heavy (non-hydrogen) atoms. The molecule has 3 nitrogen and oxygen atoms in total. The Labute approximate surface area is 125 Å². The third-order valence-corrected chi connectivity index (χ3v) is 4.35. The monoisotopic (exact) mass is 338 g/mol. The van der Waals surface area contributed by atoms with Crippen LogP contribution in [-0.4, -0.2) is 22.8 Å². The van der Waals surface area contributed by atoms with E-state index in [1.165, 1.54) is 0 Å². The third-order valence-electron chi connectivity index (χ3n) is 2.76. The van der Waals surface area contributed by atoms with Gasteiger partial charge in [-0.15, -0.1) is 11.3 Å². The highest BCUT2D eigenvalue weighted by Crippen LogP contribution is 2.21. The minimum absolute atomic E-state index is 0.0154. The van der Waals surface area contributed by atoms with Crippen LogP contribution in [-0.2, 0) is 6.54 Å². The van der Waals surface area contributed by atoms with E-state index in [4.69, 9.17) is 0 Å². The molecule has 1 aromatic carbocycles. The fraction of sp³-hybridized carbons (Fsp3) is 0.286. The Hall–Kier alpha value is -1.20. The van der Waals surface area contributed by atoms with Crippen molar-refractivity contribution in [1.82, 2.24) is 9.88 Å². The van der Waals surface area contributed by atoms with Gasteiger partial charge in [-0.3, -0.25) is 4.79 Å². The average molecular weight is 339 g/mol. The molecule has 0 aliphatic heterocycles. The highest BCUT2D eigenvalue weighted by molar-refractivity contribution is 9.10. The van der Waals surface area contributed by atoms with Crippen molar-refractivity contribution in [2.45, 2.75) is 20.4 Å². The zero-order valence-electron chi connectivity index (χ0n) is 11.1. The van der Waals surface area contributed by atoms with Gasteiger partial charge in [0.05, 0.1) is 17.1 Å². The van der Waals surface area contributed by atoms with Gasteiger partial charge in [-0.1, -0.05) is 11.6 Å². The lowest BCUT2D eigenvalue weighted by atomic mass is 10.1. The molecular formula is C14H15BrN2OS. The van der Waals surface area contributed by atoms with Crippen LogP contribution in [0.1, 0.15) is 25.8 Å². The molecule has 0 radical (unpaired) electrons. The summed E-state index contributed by atoms with van der Waals surface area (Å²) in [6.07, 6.45) is 1.83. The summed E-state index contributed by atoms with van der Waals surface area (Å²) in [5.74, 6) is 0.0154. The van der Waals surface area contributed by atoms with Gasteiger partial charge >= 0.3 is 0 Å². The smallest absolute Gasteiger partial charge is 0.255 e. The first-order chi connectivity index (χ1) is 8.97. The zero-order chi connectivity index (χ0) is 14.0. The topological polar surface area (TPSA) is 33.2 Å². The molecule has 0 atom stereocenters. The van der Waals surface area contributed by atoms with E-state index in [9.17, 15) is 4.79 Å². The van der Waals surface area contributed by atoms with Crippen molar-refractivity contribution in [3.05, 3.63) is 49.9 Å². The van der Waals surface area contributed by atoms with Crippen molar-refractivity contribution < 1.29 is 4.79 Å². The molecule has 0 N–H and O–H groups in total. The lowest BCUT2D eigenvalue weighted by molar-refractivity contribution is 0.0785. The van der Waals surface area contributed by atoms with Crippen LogP contribution in [0.4, 0.5) is 0 Å². The number of hydrogen-bond acceptors (Lipinski definition) is 3. The summed E-state index contributed by atoms with van der Waals surface area (Å²) in [7, 11) is 1.81. The Morgan fingerprint density at radius 2 is 2.16 bits per heavy atom. The van der Waals surface area contributed by atoms with Crippen LogP contribution in [0.3, 0.4) is 0 Å². The van der Waals surface area contributed by atoms with Gasteiger partial charge in [-0.2, -0.15) is 0 Å². The van der Waals surface area contributed by atoms with Crippen LogP contribution >= 0.6 is 27.3 Å². The number of hydrogen-bond donors (Lipinski definition) is 0. The van der Waals surface area contributed by atoms with E-state index in [0.29, 0.717) is 12.1 Å². The van der Waals surface area contributed by atoms with Crippen LogP contribution in [0.5, 0.6) is 0 Å². The molecule has 0 aliphatic rings. The quantitative estimate of drug-likeness (QED) is 0.852. The van der Waals surface area contributed by atoms with Crippen molar-refractivity contribution in [2.75, 3.05) is 7.05 Å². The molecule has 1 heterocycles. The Morgan fingerprint density at radius 3 is 2.79 bits per heavy atom. The van der Waals surface area contributed by atoms with E-state index in [2.05, 4.69) is 20.9 Å². The van der Waals surface area contributed by atoms with Gasteiger partial charge in [-0.05, 0) is 41.9 Å². The molecule has 5 heteroatoms. The highest BCUT2D eigenvalue weighted by Gasteiger charge is 2.16. The van der Waals surface area contributed by atoms with Crippen molar-refractivity contribution in [1.29, 1.82) is 0 Å². The molecule has 0 spiro atoms. The third kappa shape index (κ3) is 3.42. The van der Waals surface area contributed by atoms with Crippen molar-refractivity contribution >= 4 is 33.2 Å². The Bertz CT molecular complexity index is 609. The summed E-state index contributed by atoms with van der Waals surface area (Å²) < 4.78 is 0.829. The molecule has 0 aliphatic carbocycles. The molecule has 0 unspecified atom stereocenters. The van der Waals surface area contributed by atoms with Gasteiger partial charge in [0.25, 0.3) is 5.91 Å². The number of thiazole rings is 1. The van der Waals surface area contributed by atoms with E-state index in [1.807, 2.05) is 45.3 Å². The Morgan fingerprint density at radius 1 is 1.42 bits per heavy atom.